The van der Waals surface area contributed by atoms with E-state index >= 15 is 0 Å². The summed E-state index contributed by atoms with van der Waals surface area (Å²) in [5.41, 5.74) is -0.290. The topological polar surface area (TPSA) is 82.8 Å². The first-order valence-electron chi connectivity index (χ1n) is 6.71. The zero-order valence-corrected chi connectivity index (χ0v) is 10.9. The number of hydrogen-bond donors (Lipinski definition) is 3. The average Bonchev–Trinajstić information content (AvgIpc) is 2.76. The van der Waals surface area contributed by atoms with E-state index in [2.05, 4.69) is 27.4 Å². The molecule has 1 heterocycles. The number of nitrogens with zero attached hydrogens (tertiary/aromatic N) is 1. The summed E-state index contributed by atoms with van der Waals surface area (Å²) in [6.45, 7) is 3.10. The summed E-state index contributed by atoms with van der Waals surface area (Å²) in [6.07, 6.45) is 6.59. The molecule has 0 aromatic carbocycles. The summed E-state index contributed by atoms with van der Waals surface area (Å²) in [7, 11) is 0. The lowest BCUT2D eigenvalue weighted by atomic mass is 9.95. The van der Waals surface area contributed by atoms with E-state index in [-0.39, 0.29) is 5.69 Å². The summed E-state index contributed by atoms with van der Waals surface area (Å²) < 4.78 is 5.52. The minimum absolute atomic E-state index is 0.290. The second-order valence-electron chi connectivity index (χ2n) is 5.04. The quantitative estimate of drug-likeness (QED) is 0.705. The van der Waals surface area contributed by atoms with Crippen LogP contribution >= 0.6 is 0 Å². The van der Waals surface area contributed by atoms with E-state index in [1.165, 1.54) is 32.1 Å². The van der Waals surface area contributed by atoms with Crippen molar-refractivity contribution in [1.82, 2.24) is 20.5 Å². The van der Waals surface area contributed by atoms with Gasteiger partial charge in [-0.3, -0.25) is 4.98 Å². The van der Waals surface area contributed by atoms with Gasteiger partial charge < -0.3 is 10.1 Å². The largest absolute Gasteiger partial charge is 0.372 e. The van der Waals surface area contributed by atoms with E-state index in [0.29, 0.717) is 31.1 Å². The highest BCUT2D eigenvalue weighted by molar-refractivity contribution is 4.78. The van der Waals surface area contributed by atoms with Crippen LogP contribution in [0.1, 0.15) is 44.9 Å². The van der Waals surface area contributed by atoms with Crippen LogP contribution in [0.4, 0.5) is 0 Å². The van der Waals surface area contributed by atoms with Gasteiger partial charge in [-0.2, -0.15) is 5.10 Å². The minimum Gasteiger partial charge on any atom is -0.372 e. The van der Waals surface area contributed by atoms with Gasteiger partial charge in [0.25, 0.3) is 0 Å². The van der Waals surface area contributed by atoms with Gasteiger partial charge in [0, 0.05) is 12.1 Å². The molecule has 0 unspecified atom stereocenters. The predicted octanol–water partition coefficient (Wildman–Crippen LogP) is 0.925. The van der Waals surface area contributed by atoms with Crippen molar-refractivity contribution in [2.24, 2.45) is 0 Å². The molecule has 0 amide bonds. The first kappa shape index (κ1) is 13.3. The van der Waals surface area contributed by atoms with Gasteiger partial charge in [0.2, 0.25) is 0 Å². The number of nitrogens with one attached hydrogen (secondary N) is 3. The van der Waals surface area contributed by atoms with E-state index in [1.54, 1.807) is 0 Å². The molecule has 1 atom stereocenters. The smallest absolute Gasteiger partial charge is 0.340 e. The minimum atomic E-state index is -0.290. The summed E-state index contributed by atoms with van der Waals surface area (Å²) in [5, 5.41) is 9.69. The van der Waals surface area contributed by atoms with E-state index in [4.69, 9.17) is 4.74 Å². The monoisotopic (exact) mass is 254 g/mol. The van der Waals surface area contributed by atoms with Crippen LogP contribution < -0.4 is 11.0 Å². The summed E-state index contributed by atoms with van der Waals surface area (Å²) in [4.78, 5) is 13.4. The van der Waals surface area contributed by atoms with Gasteiger partial charge in [0.1, 0.15) is 6.61 Å². The van der Waals surface area contributed by atoms with Gasteiger partial charge in [0.15, 0.2) is 5.82 Å². The fourth-order valence-corrected chi connectivity index (χ4v) is 2.43. The van der Waals surface area contributed by atoms with Crippen LogP contribution in [0.3, 0.4) is 0 Å². The maximum atomic E-state index is 10.8. The van der Waals surface area contributed by atoms with Crippen molar-refractivity contribution in [1.29, 1.82) is 0 Å². The molecular weight excluding hydrogens is 232 g/mol. The normalized spacial score (nSPS) is 18.9. The van der Waals surface area contributed by atoms with Crippen molar-refractivity contribution in [3.05, 3.63) is 16.3 Å². The lowest BCUT2D eigenvalue weighted by molar-refractivity contribution is 0.0931. The van der Waals surface area contributed by atoms with Gasteiger partial charge in [-0.1, -0.05) is 19.3 Å². The fourth-order valence-electron chi connectivity index (χ4n) is 2.43. The van der Waals surface area contributed by atoms with Gasteiger partial charge in [-0.25, -0.2) is 9.89 Å². The molecule has 0 saturated heterocycles. The fraction of sp³-hybridized carbons (Fsp3) is 0.833. The maximum absolute atomic E-state index is 10.8. The van der Waals surface area contributed by atoms with Gasteiger partial charge in [0.05, 0.1) is 6.61 Å². The second kappa shape index (κ2) is 6.70. The number of rotatable bonds is 6. The Bertz CT molecular complexity index is 395. The van der Waals surface area contributed by atoms with Crippen molar-refractivity contribution in [2.45, 2.75) is 57.7 Å². The third kappa shape index (κ3) is 4.27. The van der Waals surface area contributed by atoms with Crippen molar-refractivity contribution >= 4 is 0 Å². The molecule has 3 N–H and O–H groups in total. The third-order valence-corrected chi connectivity index (χ3v) is 3.28. The molecule has 2 rings (SSSR count). The van der Waals surface area contributed by atoms with Gasteiger partial charge in [-0.15, -0.1) is 0 Å². The molecule has 6 nitrogen and oxygen atoms in total. The van der Waals surface area contributed by atoms with Crippen molar-refractivity contribution in [3.63, 3.8) is 0 Å². The Hall–Kier alpha value is -1.14. The lowest BCUT2D eigenvalue weighted by Gasteiger charge is -2.26. The molecule has 1 aromatic heterocycles. The molecule has 1 fully saturated rings. The Balaban J connectivity index is 1.62. The SMILES string of the molecule is C[C@H](COCc1n[nH]c(=O)[nH]1)NC1CCCCC1. The molecule has 1 aliphatic rings. The van der Waals surface area contributed by atoms with Crippen molar-refractivity contribution in [2.75, 3.05) is 6.61 Å². The Morgan fingerprint density at radius 1 is 1.44 bits per heavy atom. The first-order chi connectivity index (χ1) is 8.74. The highest BCUT2D eigenvalue weighted by Gasteiger charge is 2.15. The average molecular weight is 254 g/mol. The van der Waals surface area contributed by atoms with Crippen LogP contribution in [0.15, 0.2) is 4.79 Å². The van der Waals surface area contributed by atoms with E-state index in [1.807, 2.05) is 0 Å². The molecule has 6 heteroatoms. The predicted molar refractivity (Wildman–Crippen MR) is 68.3 cm³/mol. The lowest BCUT2D eigenvalue weighted by Crippen LogP contribution is -2.40. The molecule has 0 aliphatic heterocycles. The van der Waals surface area contributed by atoms with Gasteiger partial charge >= 0.3 is 5.69 Å². The summed E-state index contributed by atoms with van der Waals surface area (Å²) in [6, 6.07) is 0.973. The number of H-pyrrole nitrogens is 2. The molecule has 18 heavy (non-hydrogen) atoms. The van der Waals surface area contributed by atoms with E-state index in [9.17, 15) is 4.79 Å². The third-order valence-electron chi connectivity index (χ3n) is 3.28. The van der Waals surface area contributed by atoms with Crippen molar-refractivity contribution < 1.29 is 4.74 Å². The molecule has 1 saturated carbocycles. The van der Waals surface area contributed by atoms with E-state index in [0.717, 1.165) is 0 Å². The second-order valence-corrected chi connectivity index (χ2v) is 5.04. The molecule has 1 aromatic rings. The zero-order chi connectivity index (χ0) is 12.8. The van der Waals surface area contributed by atoms with Gasteiger partial charge in [-0.05, 0) is 19.8 Å². The zero-order valence-electron chi connectivity index (χ0n) is 10.9. The highest BCUT2D eigenvalue weighted by Crippen LogP contribution is 2.17. The van der Waals surface area contributed by atoms with E-state index < -0.39 is 0 Å². The number of ether oxygens (including phenoxy) is 1. The number of aromatic amines is 2. The molecule has 1 aliphatic carbocycles. The van der Waals surface area contributed by atoms with Crippen LogP contribution in [0, 0.1) is 0 Å². The number of hydrogen-bond acceptors (Lipinski definition) is 4. The van der Waals surface area contributed by atoms with Crippen LogP contribution in [0.25, 0.3) is 0 Å². The Morgan fingerprint density at radius 2 is 2.22 bits per heavy atom. The van der Waals surface area contributed by atoms with Crippen molar-refractivity contribution in [3.8, 4) is 0 Å². The highest BCUT2D eigenvalue weighted by atomic mass is 16.5. The first-order valence-corrected chi connectivity index (χ1v) is 6.71. The van der Waals surface area contributed by atoms with Crippen LogP contribution in [-0.2, 0) is 11.3 Å². The van der Waals surface area contributed by atoms with Crippen LogP contribution in [0.2, 0.25) is 0 Å². The van der Waals surface area contributed by atoms with Crippen LogP contribution in [-0.4, -0.2) is 33.9 Å². The maximum Gasteiger partial charge on any atom is 0.340 e. The molecule has 0 radical (unpaired) electrons. The molecular formula is C12H22N4O2. The standard InChI is InChI=1S/C12H22N4O2/c1-9(13-10-5-3-2-4-6-10)7-18-8-11-14-12(17)16-15-11/h9-10,13H,2-8H2,1H3,(H2,14,15,16,17)/t9-/m1/s1. The molecule has 0 spiro atoms. The Kier molecular flexibility index (Phi) is 4.95. The van der Waals surface area contributed by atoms with Crippen LogP contribution in [0.5, 0.6) is 0 Å². The Morgan fingerprint density at radius 3 is 2.89 bits per heavy atom. The number of aromatic nitrogens is 3. The summed E-state index contributed by atoms with van der Waals surface area (Å²) >= 11 is 0. The molecule has 0 bridgehead atoms. The Labute approximate surface area is 107 Å². The molecule has 102 valence electrons. The summed E-state index contributed by atoms with van der Waals surface area (Å²) in [5.74, 6) is 0.546.